The largest absolute Gasteiger partial charge is 0.489 e. The molecular formula is C9H8BFeO. The van der Waals surface area contributed by atoms with E-state index in [1.54, 1.807) is 0 Å². The van der Waals surface area contributed by atoms with Crippen LogP contribution in [0.2, 0.25) is 0 Å². The van der Waals surface area contributed by atoms with Gasteiger partial charge < -0.3 is 4.74 Å². The zero-order valence-electron chi connectivity index (χ0n) is 6.51. The normalized spacial score (nSPS) is 11.7. The second-order valence-corrected chi connectivity index (χ2v) is 2.25. The molecule has 1 aliphatic heterocycles. The van der Waals surface area contributed by atoms with Crippen LogP contribution < -0.4 is 4.74 Å². The monoisotopic (exact) mass is 199 g/mol. The van der Waals surface area contributed by atoms with Crippen molar-refractivity contribution in [2.24, 2.45) is 0 Å². The van der Waals surface area contributed by atoms with Gasteiger partial charge in [-0.2, -0.15) is 0 Å². The summed E-state index contributed by atoms with van der Waals surface area (Å²) < 4.78 is 5.34. The van der Waals surface area contributed by atoms with Crippen molar-refractivity contribution in [2.75, 3.05) is 6.61 Å². The number of ether oxygens (including phenoxy) is 1. The van der Waals surface area contributed by atoms with Gasteiger partial charge in [0.15, 0.2) is 0 Å². The summed E-state index contributed by atoms with van der Waals surface area (Å²) in [5.41, 5.74) is 1.17. The molecule has 1 aromatic rings. The fourth-order valence-corrected chi connectivity index (χ4v) is 1.06. The van der Waals surface area contributed by atoms with E-state index in [-0.39, 0.29) is 25.5 Å². The Labute approximate surface area is 84.9 Å². The molecular weight excluding hydrogens is 191 g/mol. The van der Waals surface area contributed by atoms with Crippen molar-refractivity contribution in [1.29, 1.82) is 0 Å². The number of hydrogen-bond acceptors (Lipinski definition) is 1. The fraction of sp³-hybridized carbons (Fsp3) is 0.111. The molecule has 1 aliphatic rings. The number of fused-ring (bicyclic) bond motifs is 1. The molecule has 0 spiro atoms. The average molecular weight is 199 g/mol. The topological polar surface area (TPSA) is 9.23 Å². The Morgan fingerprint density at radius 2 is 1.92 bits per heavy atom. The van der Waals surface area contributed by atoms with Gasteiger partial charge in [-0.15, -0.1) is 0 Å². The Hall–Kier alpha value is -0.656. The molecule has 0 unspecified atom stereocenters. The molecule has 1 aromatic carbocycles. The maximum Gasteiger partial charge on any atom is 0.126 e. The van der Waals surface area contributed by atoms with E-state index in [1.807, 2.05) is 30.3 Å². The van der Waals surface area contributed by atoms with Crippen LogP contribution in [0.15, 0.2) is 30.3 Å². The summed E-state index contributed by atoms with van der Waals surface area (Å²) in [5, 5.41) is 0. The Morgan fingerprint density at radius 3 is 2.67 bits per heavy atom. The van der Waals surface area contributed by atoms with Gasteiger partial charge in [-0.3, -0.25) is 0 Å². The number of hydrogen-bond donors (Lipinski definition) is 0. The van der Waals surface area contributed by atoms with E-state index in [0.717, 1.165) is 5.75 Å². The van der Waals surface area contributed by atoms with Crippen LogP contribution in [0.25, 0.3) is 6.08 Å². The third kappa shape index (κ3) is 2.16. The summed E-state index contributed by atoms with van der Waals surface area (Å²) >= 11 is 0. The Kier molecular flexibility index (Phi) is 4.80. The third-order valence-corrected chi connectivity index (χ3v) is 1.55. The van der Waals surface area contributed by atoms with Gasteiger partial charge in [0.25, 0.3) is 0 Å². The second-order valence-electron chi connectivity index (χ2n) is 2.25. The van der Waals surface area contributed by atoms with Crippen LogP contribution in [0, 0.1) is 0 Å². The van der Waals surface area contributed by atoms with Gasteiger partial charge in [0.05, 0.1) is 0 Å². The first kappa shape index (κ1) is 11.3. The SMILES string of the molecule is C1=Cc2ccccc2OC1.[B].[Fe]. The molecule has 3 radical (unpaired) electrons. The predicted molar refractivity (Wildman–Crippen MR) is 46.7 cm³/mol. The smallest absolute Gasteiger partial charge is 0.126 e. The molecule has 0 aromatic heterocycles. The maximum absolute atomic E-state index is 5.34. The molecule has 0 aliphatic carbocycles. The van der Waals surface area contributed by atoms with Crippen molar-refractivity contribution >= 4 is 14.5 Å². The van der Waals surface area contributed by atoms with Crippen LogP contribution >= 0.6 is 0 Å². The van der Waals surface area contributed by atoms with Crippen LogP contribution in [0.5, 0.6) is 5.75 Å². The fourth-order valence-electron chi connectivity index (χ4n) is 1.06. The minimum absolute atomic E-state index is 0. The van der Waals surface area contributed by atoms with Crippen molar-refractivity contribution in [3.8, 4) is 5.75 Å². The van der Waals surface area contributed by atoms with Crippen molar-refractivity contribution in [3.63, 3.8) is 0 Å². The number of rotatable bonds is 0. The summed E-state index contributed by atoms with van der Waals surface area (Å²) in [5.74, 6) is 0.991. The molecule has 61 valence electrons. The molecule has 12 heavy (non-hydrogen) atoms. The molecule has 1 nitrogen and oxygen atoms in total. The van der Waals surface area contributed by atoms with Gasteiger partial charge in [-0.1, -0.05) is 24.3 Å². The molecule has 0 amide bonds. The van der Waals surface area contributed by atoms with Crippen LogP contribution in [0.1, 0.15) is 5.56 Å². The molecule has 1 heterocycles. The first-order valence-corrected chi connectivity index (χ1v) is 3.35. The molecule has 3 heteroatoms. The van der Waals surface area contributed by atoms with Gasteiger partial charge in [0.2, 0.25) is 0 Å². The third-order valence-electron chi connectivity index (χ3n) is 1.55. The van der Waals surface area contributed by atoms with E-state index in [2.05, 4.69) is 6.08 Å². The van der Waals surface area contributed by atoms with Crippen LogP contribution in [0.3, 0.4) is 0 Å². The van der Waals surface area contributed by atoms with Crippen molar-refractivity contribution in [1.82, 2.24) is 0 Å². The van der Waals surface area contributed by atoms with E-state index in [1.165, 1.54) is 5.56 Å². The van der Waals surface area contributed by atoms with E-state index in [9.17, 15) is 0 Å². The number of benzene rings is 1. The predicted octanol–water partition coefficient (Wildman–Crippen LogP) is 1.71. The minimum Gasteiger partial charge on any atom is -0.489 e. The van der Waals surface area contributed by atoms with Crippen LogP contribution in [0.4, 0.5) is 0 Å². The summed E-state index contributed by atoms with van der Waals surface area (Å²) in [6.45, 7) is 0.705. The summed E-state index contributed by atoms with van der Waals surface area (Å²) in [4.78, 5) is 0. The zero-order chi connectivity index (χ0) is 6.81. The first-order valence-electron chi connectivity index (χ1n) is 3.35. The van der Waals surface area contributed by atoms with Gasteiger partial charge in [-0.25, -0.2) is 0 Å². The molecule has 0 saturated carbocycles. The number of para-hydroxylation sites is 1. The first-order chi connectivity index (χ1) is 4.97. The van der Waals surface area contributed by atoms with E-state index in [0.29, 0.717) is 6.61 Å². The van der Waals surface area contributed by atoms with Crippen LogP contribution in [-0.4, -0.2) is 15.0 Å². The second kappa shape index (κ2) is 5.07. The Bertz CT molecular complexity index is 273. The molecule has 2 rings (SSSR count). The van der Waals surface area contributed by atoms with Gasteiger partial charge in [-0.05, 0) is 12.1 Å². The van der Waals surface area contributed by atoms with Crippen molar-refractivity contribution in [2.45, 2.75) is 0 Å². The van der Waals surface area contributed by atoms with Gasteiger partial charge >= 0.3 is 0 Å². The van der Waals surface area contributed by atoms with Crippen molar-refractivity contribution < 1.29 is 21.8 Å². The molecule has 0 saturated heterocycles. The molecule has 0 fully saturated rings. The Balaban J connectivity index is 0.000000605. The summed E-state index contributed by atoms with van der Waals surface area (Å²) in [6.07, 6.45) is 4.10. The quantitative estimate of drug-likeness (QED) is 0.577. The Morgan fingerprint density at radius 1 is 1.17 bits per heavy atom. The standard InChI is InChI=1S/C9H8O.B.Fe/c1-2-6-9-8(4-1)5-3-7-10-9;;/h1-6H,7H2;;. The molecule has 0 N–H and O–H groups in total. The van der Waals surface area contributed by atoms with Gasteiger partial charge in [0, 0.05) is 31.0 Å². The maximum atomic E-state index is 5.34. The van der Waals surface area contributed by atoms with E-state index < -0.39 is 0 Å². The van der Waals surface area contributed by atoms with Crippen molar-refractivity contribution in [3.05, 3.63) is 35.9 Å². The molecule has 0 atom stereocenters. The van der Waals surface area contributed by atoms with E-state index >= 15 is 0 Å². The average Bonchev–Trinajstić information content (AvgIpc) is 2.05. The molecule has 0 bridgehead atoms. The summed E-state index contributed by atoms with van der Waals surface area (Å²) in [7, 11) is 0. The minimum atomic E-state index is 0. The van der Waals surface area contributed by atoms with Gasteiger partial charge in [0.1, 0.15) is 12.4 Å². The van der Waals surface area contributed by atoms with E-state index in [4.69, 9.17) is 4.74 Å². The van der Waals surface area contributed by atoms with Crippen LogP contribution in [-0.2, 0) is 17.1 Å². The summed E-state index contributed by atoms with van der Waals surface area (Å²) in [6, 6.07) is 8.03. The zero-order valence-corrected chi connectivity index (χ0v) is 7.61.